The number of aromatic amines is 1. The smallest absolute Gasteiger partial charge is 0.226 e. The van der Waals surface area contributed by atoms with E-state index < -0.39 is 0 Å². The van der Waals surface area contributed by atoms with Crippen molar-refractivity contribution in [3.8, 4) is 5.88 Å². The van der Waals surface area contributed by atoms with E-state index in [0.29, 0.717) is 11.4 Å². The summed E-state index contributed by atoms with van der Waals surface area (Å²) in [6.45, 7) is 1.89. The van der Waals surface area contributed by atoms with E-state index in [1.807, 2.05) is 31.2 Å². The van der Waals surface area contributed by atoms with E-state index in [1.165, 1.54) is 23.2 Å². The summed E-state index contributed by atoms with van der Waals surface area (Å²) in [5, 5.41) is 1.93. The highest BCUT2D eigenvalue weighted by molar-refractivity contribution is 7.18. The normalized spacial score (nSPS) is 13.4. The van der Waals surface area contributed by atoms with Crippen LogP contribution in [0, 0.1) is 6.92 Å². The Labute approximate surface area is 154 Å². The number of carbonyl (C=O) groups excluding carboxylic acids is 1. The molecular formula is C20H17N3O2S. The number of benzene rings is 1. The number of nitrogens with zero attached hydrogens (tertiary/aromatic N) is 2. The molecule has 0 unspecified atom stereocenters. The predicted octanol–water partition coefficient (Wildman–Crippen LogP) is 4.23. The van der Waals surface area contributed by atoms with Gasteiger partial charge < -0.3 is 9.72 Å². The van der Waals surface area contributed by atoms with Gasteiger partial charge in [-0.3, -0.25) is 4.79 Å². The minimum Gasteiger partial charge on any atom is -0.469 e. The first kappa shape index (κ1) is 15.5. The third-order valence-corrected chi connectivity index (χ3v) is 6.18. The van der Waals surface area contributed by atoms with E-state index in [-0.39, 0.29) is 12.4 Å². The van der Waals surface area contributed by atoms with Crippen LogP contribution >= 0.6 is 11.3 Å². The number of hydrogen-bond donors (Lipinski definition) is 1. The molecule has 0 atom stereocenters. The summed E-state index contributed by atoms with van der Waals surface area (Å²) in [4.78, 5) is 27.1. The van der Waals surface area contributed by atoms with Crippen molar-refractivity contribution in [1.82, 2.24) is 15.0 Å². The SMILES string of the molecule is Cc1[nH]c2ccccc2c1C(=O)COc1ncnc2sc3c(c12)CCC3. The van der Waals surface area contributed by atoms with Gasteiger partial charge in [-0.25, -0.2) is 9.97 Å². The second kappa shape index (κ2) is 5.92. The molecule has 1 aromatic carbocycles. The van der Waals surface area contributed by atoms with E-state index in [9.17, 15) is 4.79 Å². The minimum atomic E-state index is -0.0430. The highest BCUT2D eigenvalue weighted by atomic mass is 32.1. The van der Waals surface area contributed by atoms with Gasteiger partial charge in [-0.05, 0) is 37.8 Å². The van der Waals surface area contributed by atoms with Gasteiger partial charge in [0.2, 0.25) is 11.7 Å². The Bertz CT molecular complexity index is 1160. The Kier molecular flexibility index (Phi) is 3.53. The lowest BCUT2D eigenvalue weighted by Gasteiger charge is -2.07. The molecule has 26 heavy (non-hydrogen) atoms. The summed E-state index contributed by atoms with van der Waals surface area (Å²) >= 11 is 1.72. The Hall–Kier alpha value is -2.73. The second-order valence-electron chi connectivity index (χ2n) is 6.60. The number of aryl methyl sites for hydroxylation is 3. The van der Waals surface area contributed by atoms with Gasteiger partial charge in [0.15, 0.2) is 6.61 Å². The molecule has 3 aromatic heterocycles. The Balaban J connectivity index is 1.47. The maximum atomic E-state index is 12.8. The maximum Gasteiger partial charge on any atom is 0.226 e. The van der Waals surface area contributed by atoms with Crippen LogP contribution < -0.4 is 4.74 Å². The number of ether oxygens (including phenoxy) is 1. The summed E-state index contributed by atoms with van der Waals surface area (Å²) in [5.74, 6) is 0.485. The molecule has 0 saturated heterocycles. The van der Waals surface area contributed by atoms with Crippen molar-refractivity contribution in [1.29, 1.82) is 0 Å². The van der Waals surface area contributed by atoms with Gasteiger partial charge in [0.1, 0.15) is 11.2 Å². The first-order valence-corrected chi connectivity index (χ1v) is 9.52. The quantitative estimate of drug-likeness (QED) is 0.551. The van der Waals surface area contributed by atoms with Gasteiger partial charge in [0.25, 0.3) is 0 Å². The van der Waals surface area contributed by atoms with Gasteiger partial charge >= 0.3 is 0 Å². The van der Waals surface area contributed by atoms with Crippen molar-refractivity contribution in [3.05, 3.63) is 52.3 Å². The molecule has 0 bridgehead atoms. The molecule has 0 radical (unpaired) electrons. The number of aromatic nitrogens is 3. The number of thiophene rings is 1. The third kappa shape index (κ3) is 2.33. The number of carbonyl (C=O) groups is 1. The highest BCUT2D eigenvalue weighted by Gasteiger charge is 2.23. The van der Waals surface area contributed by atoms with Gasteiger partial charge in [-0.15, -0.1) is 11.3 Å². The van der Waals surface area contributed by atoms with Crippen molar-refractivity contribution in [2.75, 3.05) is 6.61 Å². The molecule has 0 aliphatic heterocycles. The molecule has 3 heterocycles. The average Bonchev–Trinajstić information content (AvgIpc) is 3.30. The van der Waals surface area contributed by atoms with E-state index in [4.69, 9.17) is 4.74 Å². The molecule has 1 N–H and O–H groups in total. The lowest BCUT2D eigenvalue weighted by Crippen LogP contribution is -2.13. The lowest BCUT2D eigenvalue weighted by atomic mass is 10.1. The molecule has 5 rings (SSSR count). The number of Topliss-reactive ketones (excluding diaryl/α,β-unsaturated/α-hetero) is 1. The molecular weight excluding hydrogens is 346 g/mol. The summed E-state index contributed by atoms with van der Waals surface area (Å²) in [7, 11) is 0. The molecule has 1 aliphatic rings. The van der Waals surface area contributed by atoms with Gasteiger partial charge in [0.05, 0.1) is 5.39 Å². The van der Waals surface area contributed by atoms with Crippen molar-refractivity contribution >= 4 is 38.2 Å². The molecule has 5 nitrogen and oxygen atoms in total. The number of fused-ring (bicyclic) bond motifs is 4. The number of hydrogen-bond acceptors (Lipinski definition) is 5. The zero-order valence-electron chi connectivity index (χ0n) is 14.3. The molecule has 130 valence electrons. The second-order valence-corrected chi connectivity index (χ2v) is 7.68. The zero-order chi connectivity index (χ0) is 17.7. The molecule has 1 aliphatic carbocycles. The maximum absolute atomic E-state index is 12.8. The van der Waals surface area contributed by atoms with E-state index in [1.54, 1.807) is 11.3 Å². The van der Waals surface area contributed by atoms with Gasteiger partial charge in [-0.1, -0.05) is 18.2 Å². The standard InChI is InChI=1S/C20H17N3O2S/c1-11-17(12-5-2-3-7-14(12)23-11)15(24)9-25-19-18-13-6-4-8-16(13)26-20(18)22-10-21-19/h2-3,5,7,10,23H,4,6,8-9H2,1H3. The predicted molar refractivity (Wildman–Crippen MR) is 102 cm³/mol. The molecule has 6 heteroatoms. The van der Waals surface area contributed by atoms with Crippen LogP contribution in [-0.4, -0.2) is 27.3 Å². The topological polar surface area (TPSA) is 67.9 Å². The van der Waals surface area contributed by atoms with Crippen molar-refractivity contribution < 1.29 is 9.53 Å². The summed E-state index contributed by atoms with van der Waals surface area (Å²) in [6, 6.07) is 7.83. The van der Waals surface area contributed by atoms with Crippen LogP contribution in [0.15, 0.2) is 30.6 Å². The average molecular weight is 363 g/mol. The number of H-pyrrole nitrogens is 1. The van der Waals surface area contributed by atoms with Crippen LogP contribution in [-0.2, 0) is 12.8 Å². The number of para-hydroxylation sites is 1. The van der Waals surface area contributed by atoms with Gasteiger partial charge in [-0.2, -0.15) is 0 Å². The Morgan fingerprint density at radius 1 is 1.27 bits per heavy atom. The van der Waals surface area contributed by atoms with Crippen LogP contribution in [0.5, 0.6) is 5.88 Å². The van der Waals surface area contributed by atoms with Crippen LogP contribution in [0.3, 0.4) is 0 Å². The number of rotatable bonds is 4. The summed E-state index contributed by atoms with van der Waals surface area (Å²) < 4.78 is 5.88. The zero-order valence-corrected chi connectivity index (χ0v) is 15.2. The monoisotopic (exact) mass is 363 g/mol. The molecule has 0 fully saturated rings. The van der Waals surface area contributed by atoms with Crippen LogP contribution in [0.4, 0.5) is 0 Å². The molecule has 0 amide bonds. The van der Waals surface area contributed by atoms with Crippen molar-refractivity contribution in [3.63, 3.8) is 0 Å². The Morgan fingerprint density at radius 2 is 2.15 bits per heavy atom. The number of ketones is 1. The van der Waals surface area contributed by atoms with Crippen molar-refractivity contribution in [2.24, 2.45) is 0 Å². The fraction of sp³-hybridized carbons (Fsp3) is 0.250. The third-order valence-electron chi connectivity index (χ3n) is 4.98. The van der Waals surface area contributed by atoms with Crippen LogP contribution in [0.25, 0.3) is 21.1 Å². The first-order valence-electron chi connectivity index (χ1n) is 8.71. The largest absolute Gasteiger partial charge is 0.469 e. The Morgan fingerprint density at radius 3 is 3.08 bits per heavy atom. The number of nitrogens with one attached hydrogen (secondary N) is 1. The summed E-state index contributed by atoms with van der Waals surface area (Å²) in [6.07, 6.45) is 4.82. The fourth-order valence-corrected chi connectivity index (χ4v) is 5.07. The first-order chi connectivity index (χ1) is 12.7. The van der Waals surface area contributed by atoms with Crippen LogP contribution in [0.2, 0.25) is 0 Å². The van der Waals surface area contributed by atoms with E-state index in [0.717, 1.165) is 39.7 Å². The molecule has 0 saturated carbocycles. The van der Waals surface area contributed by atoms with E-state index in [2.05, 4.69) is 15.0 Å². The van der Waals surface area contributed by atoms with Gasteiger partial charge in [0, 0.05) is 27.0 Å². The van der Waals surface area contributed by atoms with Crippen LogP contribution in [0.1, 0.15) is 32.9 Å². The summed E-state index contributed by atoms with van der Waals surface area (Å²) in [5.41, 5.74) is 3.83. The lowest BCUT2D eigenvalue weighted by molar-refractivity contribution is 0.0920. The molecule has 4 aromatic rings. The highest BCUT2D eigenvalue weighted by Crippen LogP contribution is 2.39. The fourth-order valence-electron chi connectivity index (χ4n) is 3.85. The molecule has 0 spiro atoms. The minimum absolute atomic E-state index is 0.0284. The van der Waals surface area contributed by atoms with E-state index >= 15 is 0 Å². The van der Waals surface area contributed by atoms with Crippen molar-refractivity contribution in [2.45, 2.75) is 26.2 Å².